The molecule has 0 unspecified atom stereocenters. The molecule has 0 spiro atoms. The number of amides is 1. The SMILES string of the molecule is O=C(O)N1CCN(Cc2ccc(C(F)(F)F)nc2)CC1. The molecule has 1 saturated heterocycles. The van der Waals surface area contributed by atoms with Crippen LogP contribution in [0, 0.1) is 0 Å². The minimum atomic E-state index is -4.42. The molecule has 1 aromatic heterocycles. The standard InChI is InChI=1S/C12H14F3N3O2/c13-12(14,15)10-2-1-9(7-16-10)8-17-3-5-18(6-4-17)11(19)20/h1-2,7H,3-6,8H2,(H,19,20). The van der Waals surface area contributed by atoms with Gasteiger partial charge in [0.25, 0.3) is 0 Å². The van der Waals surface area contributed by atoms with Crippen LogP contribution in [-0.4, -0.2) is 52.2 Å². The van der Waals surface area contributed by atoms with Crippen molar-refractivity contribution in [2.45, 2.75) is 12.7 Å². The normalized spacial score (nSPS) is 17.2. The van der Waals surface area contributed by atoms with Gasteiger partial charge in [-0.25, -0.2) is 4.79 Å². The van der Waals surface area contributed by atoms with Crippen molar-refractivity contribution in [1.29, 1.82) is 0 Å². The zero-order chi connectivity index (χ0) is 14.8. The van der Waals surface area contributed by atoms with Crippen molar-refractivity contribution in [1.82, 2.24) is 14.8 Å². The molecule has 1 aliphatic rings. The molecule has 8 heteroatoms. The fourth-order valence-corrected chi connectivity index (χ4v) is 2.04. The molecule has 0 aromatic carbocycles. The van der Waals surface area contributed by atoms with Crippen LogP contribution in [0.15, 0.2) is 18.3 Å². The molecule has 0 aliphatic carbocycles. The summed E-state index contributed by atoms with van der Waals surface area (Å²) in [5.41, 5.74) is -0.223. The van der Waals surface area contributed by atoms with E-state index in [1.165, 1.54) is 17.2 Å². The summed E-state index contributed by atoms with van der Waals surface area (Å²) in [5.74, 6) is 0. The maximum Gasteiger partial charge on any atom is 0.433 e. The van der Waals surface area contributed by atoms with Gasteiger partial charge < -0.3 is 10.0 Å². The highest BCUT2D eigenvalue weighted by molar-refractivity contribution is 5.65. The first kappa shape index (κ1) is 14.6. The average Bonchev–Trinajstić information content (AvgIpc) is 2.39. The average molecular weight is 289 g/mol. The maximum absolute atomic E-state index is 12.4. The van der Waals surface area contributed by atoms with E-state index in [-0.39, 0.29) is 0 Å². The van der Waals surface area contributed by atoms with E-state index in [1.54, 1.807) is 0 Å². The number of nitrogens with zero attached hydrogens (tertiary/aromatic N) is 3. The quantitative estimate of drug-likeness (QED) is 0.903. The molecule has 2 rings (SSSR count). The lowest BCUT2D eigenvalue weighted by Crippen LogP contribution is -2.47. The Morgan fingerprint density at radius 1 is 1.25 bits per heavy atom. The molecule has 20 heavy (non-hydrogen) atoms. The van der Waals surface area contributed by atoms with E-state index in [2.05, 4.69) is 4.98 Å². The molecule has 0 radical (unpaired) electrons. The summed E-state index contributed by atoms with van der Waals surface area (Å²) >= 11 is 0. The Kier molecular flexibility index (Phi) is 4.12. The van der Waals surface area contributed by atoms with E-state index < -0.39 is 18.0 Å². The zero-order valence-electron chi connectivity index (χ0n) is 10.6. The number of hydrogen-bond acceptors (Lipinski definition) is 3. The fraction of sp³-hybridized carbons (Fsp3) is 0.500. The first-order valence-corrected chi connectivity index (χ1v) is 6.08. The minimum Gasteiger partial charge on any atom is -0.465 e. The van der Waals surface area contributed by atoms with E-state index in [4.69, 9.17) is 5.11 Å². The molecule has 0 atom stereocenters. The Hall–Kier alpha value is -1.83. The number of aromatic nitrogens is 1. The highest BCUT2D eigenvalue weighted by atomic mass is 19.4. The molecule has 0 saturated carbocycles. The lowest BCUT2D eigenvalue weighted by molar-refractivity contribution is -0.141. The highest BCUT2D eigenvalue weighted by Gasteiger charge is 2.32. The number of carboxylic acid groups (broad SMARTS) is 1. The molecule has 5 nitrogen and oxygen atoms in total. The number of pyridine rings is 1. The van der Waals surface area contributed by atoms with Gasteiger partial charge in [0.05, 0.1) is 0 Å². The third-order valence-corrected chi connectivity index (χ3v) is 3.16. The van der Waals surface area contributed by atoms with E-state index in [1.807, 2.05) is 4.90 Å². The van der Waals surface area contributed by atoms with Gasteiger partial charge in [-0.1, -0.05) is 6.07 Å². The van der Waals surface area contributed by atoms with Gasteiger partial charge in [-0.05, 0) is 11.6 Å². The van der Waals surface area contributed by atoms with Gasteiger partial charge in [-0.15, -0.1) is 0 Å². The number of carbonyl (C=O) groups is 1. The molecular weight excluding hydrogens is 275 g/mol. The predicted octanol–water partition coefficient (Wildman–Crippen LogP) is 1.90. The fourth-order valence-electron chi connectivity index (χ4n) is 2.04. The number of hydrogen-bond donors (Lipinski definition) is 1. The third kappa shape index (κ3) is 3.60. The molecule has 110 valence electrons. The summed E-state index contributed by atoms with van der Waals surface area (Å²) < 4.78 is 37.1. The van der Waals surface area contributed by atoms with Crippen LogP contribution in [0.2, 0.25) is 0 Å². The maximum atomic E-state index is 12.4. The first-order chi connectivity index (χ1) is 9.36. The van der Waals surface area contributed by atoms with Crippen LogP contribution in [0.25, 0.3) is 0 Å². The Morgan fingerprint density at radius 2 is 1.90 bits per heavy atom. The summed E-state index contributed by atoms with van der Waals surface area (Å²) in [6, 6.07) is 2.36. The van der Waals surface area contributed by atoms with Crippen LogP contribution >= 0.6 is 0 Å². The lowest BCUT2D eigenvalue weighted by atomic mass is 10.2. The Morgan fingerprint density at radius 3 is 2.35 bits per heavy atom. The lowest BCUT2D eigenvalue weighted by Gasteiger charge is -2.32. The molecule has 1 N–H and O–H groups in total. The molecule has 1 aliphatic heterocycles. The van der Waals surface area contributed by atoms with Gasteiger partial charge >= 0.3 is 12.3 Å². The van der Waals surface area contributed by atoms with Crippen molar-refractivity contribution in [3.63, 3.8) is 0 Å². The van der Waals surface area contributed by atoms with Crippen molar-refractivity contribution in [2.24, 2.45) is 0 Å². The predicted molar refractivity (Wildman–Crippen MR) is 64.1 cm³/mol. The van der Waals surface area contributed by atoms with Crippen molar-refractivity contribution >= 4 is 6.09 Å². The van der Waals surface area contributed by atoms with Crippen LogP contribution < -0.4 is 0 Å². The van der Waals surface area contributed by atoms with Gasteiger partial charge in [-0.3, -0.25) is 9.88 Å². The van der Waals surface area contributed by atoms with E-state index in [0.717, 1.165) is 6.07 Å². The van der Waals surface area contributed by atoms with Crippen molar-refractivity contribution in [2.75, 3.05) is 26.2 Å². The second kappa shape index (κ2) is 5.66. The van der Waals surface area contributed by atoms with Crippen molar-refractivity contribution in [3.05, 3.63) is 29.6 Å². The van der Waals surface area contributed by atoms with Gasteiger partial charge in [0.2, 0.25) is 0 Å². The Balaban J connectivity index is 1.90. The zero-order valence-corrected chi connectivity index (χ0v) is 10.6. The van der Waals surface area contributed by atoms with Crippen LogP contribution in [0.5, 0.6) is 0 Å². The summed E-state index contributed by atoms with van der Waals surface area (Å²) in [7, 11) is 0. The van der Waals surface area contributed by atoms with E-state index in [9.17, 15) is 18.0 Å². The minimum absolute atomic E-state index is 0.406. The van der Waals surface area contributed by atoms with Crippen LogP contribution in [0.1, 0.15) is 11.3 Å². The number of alkyl halides is 3. The first-order valence-electron chi connectivity index (χ1n) is 6.08. The molecule has 2 heterocycles. The number of rotatable bonds is 2. The van der Waals surface area contributed by atoms with Crippen LogP contribution in [0.3, 0.4) is 0 Å². The van der Waals surface area contributed by atoms with Gasteiger partial charge in [-0.2, -0.15) is 13.2 Å². The Bertz CT molecular complexity index is 468. The van der Waals surface area contributed by atoms with E-state index in [0.29, 0.717) is 38.3 Å². The second-order valence-electron chi connectivity index (χ2n) is 4.60. The number of piperazine rings is 1. The molecule has 1 amide bonds. The topological polar surface area (TPSA) is 56.7 Å². The van der Waals surface area contributed by atoms with Gasteiger partial charge in [0, 0.05) is 38.9 Å². The summed E-state index contributed by atoms with van der Waals surface area (Å²) in [4.78, 5) is 17.5. The number of halogens is 3. The van der Waals surface area contributed by atoms with Crippen molar-refractivity contribution < 1.29 is 23.1 Å². The van der Waals surface area contributed by atoms with Crippen LogP contribution in [-0.2, 0) is 12.7 Å². The largest absolute Gasteiger partial charge is 0.465 e. The molecule has 0 bridgehead atoms. The van der Waals surface area contributed by atoms with E-state index >= 15 is 0 Å². The Labute approximate surface area is 113 Å². The summed E-state index contributed by atoms with van der Waals surface area (Å²) in [5, 5.41) is 8.81. The van der Waals surface area contributed by atoms with Crippen LogP contribution in [0.4, 0.5) is 18.0 Å². The summed E-state index contributed by atoms with van der Waals surface area (Å²) in [6.45, 7) is 2.41. The van der Waals surface area contributed by atoms with Gasteiger partial charge in [0.15, 0.2) is 0 Å². The monoisotopic (exact) mass is 289 g/mol. The van der Waals surface area contributed by atoms with Crippen molar-refractivity contribution in [3.8, 4) is 0 Å². The third-order valence-electron chi connectivity index (χ3n) is 3.16. The molecule has 1 aromatic rings. The molecule has 1 fully saturated rings. The second-order valence-corrected chi connectivity index (χ2v) is 4.60. The smallest absolute Gasteiger partial charge is 0.433 e. The van der Waals surface area contributed by atoms with Gasteiger partial charge in [0.1, 0.15) is 5.69 Å². The highest BCUT2D eigenvalue weighted by Crippen LogP contribution is 2.27. The molecular formula is C12H14F3N3O2. The summed E-state index contributed by atoms with van der Waals surface area (Å²) in [6.07, 6.45) is -4.15.